The number of hydrogen-bond donors (Lipinski definition) is 1. The van der Waals surface area contributed by atoms with Crippen molar-refractivity contribution in [2.45, 2.75) is 6.42 Å². The topological polar surface area (TPSA) is 38.3 Å². The zero-order valence-corrected chi connectivity index (χ0v) is 10.5. The summed E-state index contributed by atoms with van der Waals surface area (Å²) in [5, 5.41) is 3.45. The summed E-state index contributed by atoms with van der Waals surface area (Å²) in [7, 11) is 0. The van der Waals surface area contributed by atoms with Crippen molar-refractivity contribution >= 4 is 27.5 Å². The van der Waals surface area contributed by atoms with Gasteiger partial charge in [0, 0.05) is 17.4 Å². The van der Waals surface area contributed by atoms with Gasteiger partial charge in [0.15, 0.2) is 0 Å². The molecular formula is C12H14BrNO2. The Morgan fingerprint density at radius 2 is 2.12 bits per heavy atom. The molecule has 0 aliphatic heterocycles. The predicted molar refractivity (Wildman–Crippen MR) is 69.2 cm³/mol. The minimum Gasteiger partial charge on any atom is -0.490 e. The van der Waals surface area contributed by atoms with E-state index in [9.17, 15) is 4.79 Å². The molecule has 0 aromatic heterocycles. The van der Waals surface area contributed by atoms with Crippen LogP contribution in [0.25, 0.3) is 0 Å². The maximum absolute atomic E-state index is 11.3. The standard InChI is InChI=1S/C12H14BrNO2/c1-2-9-16-11-5-3-10(4-6-11)14-12(15)7-8-13/h2-6H,1,7-9H2,(H,14,15). The van der Waals surface area contributed by atoms with Gasteiger partial charge in [-0.1, -0.05) is 28.6 Å². The molecule has 3 nitrogen and oxygen atoms in total. The Balaban J connectivity index is 2.50. The minimum absolute atomic E-state index is 0.00312. The van der Waals surface area contributed by atoms with Crippen molar-refractivity contribution in [3.63, 3.8) is 0 Å². The molecular weight excluding hydrogens is 270 g/mol. The Bertz CT molecular complexity index is 349. The van der Waals surface area contributed by atoms with E-state index >= 15 is 0 Å². The van der Waals surface area contributed by atoms with Gasteiger partial charge in [-0.2, -0.15) is 0 Å². The van der Waals surface area contributed by atoms with Crippen molar-refractivity contribution in [1.82, 2.24) is 0 Å². The summed E-state index contributed by atoms with van der Waals surface area (Å²) in [6.45, 7) is 4.05. The molecule has 0 unspecified atom stereocenters. The van der Waals surface area contributed by atoms with E-state index in [2.05, 4.69) is 27.8 Å². The molecule has 0 heterocycles. The smallest absolute Gasteiger partial charge is 0.225 e. The van der Waals surface area contributed by atoms with Gasteiger partial charge < -0.3 is 10.1 Å². The second-order valence-electron chi connectivity index (χ2n) is 3.11. The van der Waals surface area contributed by atoms with Crippen molar-refractivity contribution in [1.29, 1.82) is 0 Å². The Morgan fingerprint density at radius 3 is 2.69 bits per heavy atom. The van der Waals surface area contributed by atoms with E-state index in [1.165, 1.54) is 0 Å². The van der Waals surface area contributed by atoms with E-state index in [1.807, 2.05) is 24.3 Å². The average Bonchev–Trinajstić information content (AvgIpc) is 2.28. The van der Waals surface area contributed by atoms with Crippen molar-refractivity contribution in [2.75, 3.05) is 17.3 Å². The van der Waals surface area contributed by atoms with Crippen molar-refractivity contribution < 1.29 is 9.53 Å². The maximum atomic E-state index is 11.3. The van der Waals surface area contributed by atoms with Gasteiger partial charge in [0.05, 0.1) is 0 Å². The Kier molecular flexibility index (Phi) is 5.64. The van der Waals surface area contributed by atoms with Gasteiger partial charge in [0.2, 0.25) is 5.91 Å². The summed E-state index contributed by atoms with van der Waals surface area (Å²) in [6, 6.07) is 7.25. The molecule has 0 saturated carbocycles. The SMILES string of the molecule is C=CCOc1ccc(NC(=O)CCBr)cc1. The van der Waals surface area contributed by atoms with Crippen molar-refractivity contribution in [3.8, 4) is 5.75 Å². The van der Waals surface area contributed by atoms with Crippen LogP contribution in [0, 0.1) is 0 Å². The highest BCUT2D eigenvalue weighted by atomic mass is 79.9. The van der Waals surface area contributed by atoms with E-state index in [-0.39, 0.29) is 5.91 Å². The Morgan fingerprint density at radius 1 is 1.44 bits per heavy atom. The van der Waals surface area contributed by atoms with Crippen LogP contribution in [-0.4, -0.2) is 17.8 Å². The molecule has 0 aliphatic carbocycles. The third-order valence-electron chi connectivity index (χ3n) is 1.83. The molecule has 0 spiro atoms. The summed E-state index contributed by atoms with van der Waals surface area (Å²) in [4.78, 5) is 11.3. The number of carbonyl (C=O) groups is 1. The first-order chi connectivity index (χ1) is 7.76. The second-order valence-corrected chi connectivity index (χ2v) is 3.90. The summed E-state index contributed by atoms with van der Waals surface area (Å²) >= 11 is 3.21. The molecule has 1 rings (SSSR count). The second kappa shape index (κ2) is 7.06. The van der Waals surface area contributed by atoms with E-state index < -0.39 is 0 Å². The average molecular weight is 284 g/mol. The van der Waals surface area contributed by atoms with E-state index in [0.29, 0.717) is 18.4 Å². The predicted octanol–water partition coefficient (Wildman–Crippen LogP) is 2.97. The number of alkyl halides is 1. The summed E-state index contributed by atoms with van der Waals surface area (Å²) in [6.07, 6.45) is 2.15. The lowest BCUT2D eigenvalue weighted by Crippen LogP contribution is -2.11. The van der Waals surface area contributed by atoms with Crippen LogP contribution in [0.1, 0.15) is 6.42 Å². The zero-order valence-electron chi connectivity index (χ0n) is 8.91. The normalized spacial score (nSPS) is 9.56. The number of amides is 1. The molecule has 86 valence electrons. The van der Waals surface area contributed by atoms with Gasteiger partial charge in [-0.05, 0) is 24.3 Å². The van der Waals surface area contributed by atoms with Gasteiger partial charge >= 0.3 is 0 Å². The third-order valence-corrected chi connectivity index (χ3v) is 2.22. The van der Waals surface area contributed by atoms with Crippen LogP contribution in [0.15, 0.2) is 36.9 Å². The highest BCUT2D eigenvalue weighted by Crippen LogP contribution is 2.15. The third kappa shape index (κ3) is 4.49. The molecule has 4 heteroatoms. The highest BCUT2D eigenvalue weighted by Gasteiger charge is 2.00. The first kappa shape index (κ1) is 12.8. The lowest BCUT2D eigenvalue weighted by Gasteiger charge is -2.06. The molecule has 0 aliphatic rings. The fourth-order valence-electron chi connectivity index (χ4n) is 1.10. The van der Waals surface area contributed by atoms with Gasteiger partial charge in [-0.25, -0.2) is 0 Å². The number of halogens is 1. The first-order valence-electron chi connectivity index (χ1n) is 4.96. The fourth-order valence-corrected chi connectivity index (χ4v) is 1.46. The number of anilines is 1. The van der Waals surface area contributed by atoms with Gasteiger partial charge in [-0.15, -0.1) is 0 Å². The molecule has 1 aromatic rings. The largest absolute Gasteiger partial charge is 0.490 e. The van der Waals surface area contributed by atoms with E-state index in [0.717, 1.165) is 11.4 Å². The Hall–Kier alpha value is -1.29. The van der Waals surface area contributed by atoms with Gasteiger partial charge in [0.1, 0.15) is 12.4 Å². The molecule has 0 fully saturated rings. The van der Waals surface area contributed by atoms with E-state index in [4.69, 9.17) is 4.74 Å². The molecule has 1 amide bonds. The Labute approximate surface area is 104 Å². The van der Waals surface area contributed by atoms with Crippen LogP contribution in [0.3, 0.4) is 0 Å². The van der Waals surface area contributed by atoms with Crippen molar-refractivity contribution in [3.05, 3.63) is 36.9 Å². The summed E-state index contributed by atoms with van der Waals surface area (Å²) < 4.78 is 5.32. The van der Waals surface area contributed by atoms with Crippen LogP contribution in [0.5, 0.6) is 5.75 Å². The van der Waals surface area contributed by atoms with Crippen molar-refractivity contribution in [2.24, 2.45) is 0 Å². The van der Waals surface area contributed by atoms with Crippen LogP contribution >= 0.6 is 15.9 Å². The zero-order chi connectivity index (χ0) is 11.8. The molecule has 0 radical (unpaired) electrons. The molecule has 0 saturated heterocycles. The number of nitrogens with one attached hydrogen (secondary N) is 1. The minimum atomic E-state index is -0.00312. The number of benzene rings is 1. The number of rotatable bonds is 6. The molecule has 1 aromatic carbocycles. The van der Waals surface area contributed by atoms with E-state index in [1.54, 1.807) is 6.08 Å². The monoisotopic (exact) mass is 283 g/mol. The van der Waals surface area contributed by atoms with Crippen LogP contribution in [0.2, 0.25) is 0 Å². The number of hydrogen-bond acceptors (Lipinski definition) is 2. The lowest BCUT2D eigenvalue weighted by molar-refractivity contribution is -0.115. The number of carbonyl (C=O) groups excluding carboxylic acids is 1. The summed E-state index contributed by atoms with van der Waals surface area (Å²) in [5.41, 5.74) is 0.775. The maximum Gasteiger partial charge on any atom is 0.225 e. The summed E-state index contributed by atoms with van der Waals surface area (Å²) in [5.74, 6) is 0.759. The fraction of sp³-hybridized carbons (Fsp3) is 0.250. The number of ether oxygens (including phenoxy) is 1. The molecule has 16 heavy (non-hydrogen) atoms. The van der Waals surface area contributed by atoms with Crippen LogP contribution in [-0.2, 0) is 4.79 Å². The molecule has 0 atom stereocenters. The molecule has 0 bridgehead atoms. The highest BCUT2D eigenvalue weighted by molar-refractivity contribution is 9.09. The van der Waals surface area contributed by atoms with Gasteiger partial charge in [-0.3, -0.25) is 4.79 Å². The van der Waals surface area contributed by atoms with Crippen LogP contribution in [0.4, 0.5) is 5.69 Å². The quantitative estimate of drug-likeness (QED) is 0.644. The van der Waals surface area contributed by atoms with Crippen LogP contribution < -0.4 is 10.1 Å². The molecule has 1 N–H and O–H groups in total. The lowest BCUT2D eigenvalue weighted by atomic mass is 10.3. The first-order valence-corrected chi connectivity index (χ1v) is 6.08. The van der Waals surface area contributed by atoms with Gasteiger partial charge in [0.25, 0.3) is 0 Å².